The van der Waals surface area contributed by atoms with Crippen molar-refractivity contribution in [2.45, 2.75) is 31.5 Å². The van der Waals surface area contributed by atoms with E-state index in [0.717, 1.165) is 5.56 Å². The molecule has 2 nitrogen and oxygen atoms in total. The minimum atomic E-state index is 0.0756. The highest BCUT2D eigenvalue weighted by atomic mass is 79.9. The van der Waals surface area contributed by atoms with Gasteiger partial charge in [-0.1, -0.05) is 48.8 Å². The molecule has 0 saturated heterocycles. The summed E-state index contributed by atoms with van der Waals surface area (Å²) in [4.78, 5) is 14.1. The molecule has 94 valence electrons. The Labute approximate surface area is 112 Å². The van der Waals surface area contributed by atoms with E-state index in [2.05, 4.69) is 29.8 Å². The fraction of sp³-hybridized carbons (Fsp3) is 0.500. The minimum absolute atomic E-state index is 0.0756. The monoisotopic (exact) mass is 297 g/mol. The Morgan fingerprint density at radius 1 is 1.24 bits per heavy atom. The second-order valence-corrected chi connectivity index (χ2v) is 6.31. The second kappa shape index (κ2) is 6.20. The first-order valence-corrected chi connectivity index (χ1v) is 6.83. The van der Waals surface area contributed by atoms with E-state index in [4.69, 9.17) is 0 Å². The number of hydrogen-bond donors (Lipinski definition) is 0. The van der Waals surface area contributed by atoms with Gasteiger partial charge in [-0.25, -0.2) is 0 Å². The maximum absolute atomic E-state index is 12.1. The van der Waals surface area contributed by atoms with Crippen LogP contribution in [0.15, 0.2) is 24.3 Å². The van der Waals surface area contributed by atoms with Crippen LogP contribution in [-0.4, -0.2) is 29.2 Å². The number of nitrogens with zero attached hydrogens (tertiary/aromatic N) is 1. The van der Waals surface area contributed by atoms with Crippen molar-refractivity contribution in [3.63, 3.8) is 0 Å². The lowest BCUT2D eigenvalue weighted by Crippen LogP contribution is -2.31. The molecule has 1 rings (SSSR count). The van der Waals surface area contributed by atoms with Crippen LogP contribution < -0.4 is 0 Å². The summed E-state index contributed by atoms with van der Waals surface area (Å²) in [5, 5.41) is 0. The van der Waals surface area contributed by atoms with Gasteiger partial charge in [-0.05, 0) is 23.6 Å². The normalized spacial score (nSPS) is 12.6. The molecule has 0 aliphatic rings. The van der Waals surface area contributed by atoms with Crippen LogP contribution in [0, 0.1) is 0 Å². The summed E-state index contributed by atoms with van der Waals surface area (Å²) < 4.78 is 0. The number of alkyl halides is 1. The zero-order valence-electron chi connectivity index (χ0n) is 10.9. The third kappa shape index (κ3) is 4.15. The molecule has 1 atom stereocenters. The molecule has 1 unspecified atom stereocenters. The fourth-order valence-electron chi connectivity index (χ4n) is 1.69. The topological polar surface area (TPSA) is 20.3 Å². The van der Waals surface area contributed by atoms with Crippen molar-refractivity contribution in [1.82, 2.24) is 4.90 Å². The van der Waals surface area contributed by atoms with Crippen LogP contribution in [0.2, 0.25) is 0 Å². The van der Waals surface area contributed by atoms with Crippen molar-refractivity contribution in [2.75, 3.05) is 13.6 Å². The average Bonchev–Trinajstić information content (AvgIpc) is 2.27. The van der Waals surface area contributed by atoms with Gasteiger partial charge in [0.25, 0.3) is 5.91 Å². The van der Waals surface area contributed by atoms with Gasteiger partial charge in [0.1, 0.15) is 0 Å². The maximum Gasteiger partial charge on any atom is 0.253 e. The van der Waals surface area contributed by atoms with E-state index in [1.807, 2.05) is 38.2 Å². The number of halogens is 1. The van der Waals surface area contributed by atoms with E-state index in [1.165, 1.54) is 5.56 Å². The number of carbonyl (C=O) groups is 1. The summed E-state index contributed by atoms with van der Waals surface area (Å²) in [5.41, 5.74) is 2.02. The van der Waals surface area contributed by atoms with Crippen LogP contribution >= 0.6 is 15.9 Å². The van der Waals surface area contributed by atoms with Gasteiger partial charge in [0.05, 0.1) is 0 Å². The summed E-state index contributed by atoms with van der Waals surface area (Å²) in [6, 6.07) is 7.88. The standard InChI is InChI=1S/C14H20BrNO/c1-10(2)12-5-7-13(8-6-12)14(17)16(4)9-11(3)15/h5-8,10-11H,9H2,1-4H3. The summed E-state index contributed by atoms with van der Waals surface area (Å²) in [6.07, 6.45) is 0. The number of benzene rings is 1. The van der Waals surface area contributed by atoms with Gasteiger partial charge in [0, 0.05) is 24.0 Å². The zero-order chi connectivity index (χ0) is 13.0. The molecular formula is C14H20BrNO. The Balaban J connectivity index is 2.76. The minimum Gasteiger partial charge on any atom is -0.341 e. The first-order valence-electron chi connectivity index (χ1n) is 5.91. The van der Waals surface area contributed by atoms with Crippen LogP contribution in [0.3, 0.4) is 0 Å². The summed E-state index contributed by atoms with van der Waals surface area (Å²) in [5.74, 6) is 0.575. The Morgan fingerprint density at radius 2 is 1.76 bits per heavy atom. The van der Waals surface area contributed by atoms with Crippen LogP contribution in [0.1, 0.15) is 42.6 Å². The summed E-state index contributed by atoms with van der Waals surface area (Å²) in [6.45, 7) is 7.04. The molecule has 0 aromatic heterocycles. The lowest BCUT2D eigenvalue weighted by molar-refractivity contribution is 0.0797. The molecule has 0 spiro atoms. The van der Waals surface area contributed by atoms with E-state index in [0.29, 0.717) is 17.3 Å². The molecular weight excluding hydrogens is 278 g/mol. The molecule has 0 aliphatic carbocycles. The quantitative estimate of drug-likeness (QED) is 0.777. The molecule has 0 N–H and O–H groups in total. The average molecular weight is 298 g/mol. The molecule has 1 aromatic rings. The van der Waals surface area contributed by atoms with Crippen molar-refractivity contribution in [3.8, 4) is 0 Å². The number of rotatable bonds is 4. The lowest BCUT2D eigenvalue weighted by atomic mass is 10.0. The van der Waals surface area contributed by atoms with E-state index in [9.17, 15) is 4.79 Å². The molecule has 0 fully saturated rings. The third-order valence-corrected chi connectivity index (χ3v) is 2.99. The number of amides is 1. The highest BCUT2D eigenvalue weighted by Crippen LogP contribution is 2.15. The fourth-order valence-corrected chi connectivity index (χ4v) is 2.13. The molecule has 17 heavy (non-hydrogen) atoms. The first-order chi connectivity index (χ1) is 7.91. The van der Waals surface area contributed by atoms with E-state index >= 15 is 0 Å². The summed E-state index contributed by atoms with van der Waals surface area (Å²) >= 11 is 3.45. The highest BCUT2D eigenvalue weighted by Gasteiger charge is 2.13. The molecule has 0 saturated carbocycles. The van der Waals surface area contributed by atoms with Crippen LogP contribution in [-0.2, 0) is 0 Å². The van der Waals surface area contributed by atoms with Crippen LogP contribution in [0.4, 0.5) is 0 Å². The molecule has 0 aliphatic heterocycles. The predicted octanol–water partition coefficient (Wildman–Crippen LogP) is 3.67. The second-order valence-electron chi connectivity index (χ2n) is 4.74. The smallest absolute Gasteiger partial charge is 0.253 e. The van der Waals surface area contributed by atoms with Gasteiger partial charge in [-0.15, -0.1) is 0 Å². The van der Waals surface area contributed by atoms with Gasteiger partial charge in [-0.3, -0.25) is 4.79 Å². The van der Waals surface area contributed by atoms with Gasteiger partial charge in [-0.2, -0.15) is 0 Å². The molecule has 3 heteroatoms. The largest absolute Gasteiger partial charge is 0.341 e. The molecule has 0 heterocycles. The zero-order valence-corrected chi connectivity index (χ0v) is 12.5. The molecule has 0 radical (unpaired) electrons. The van der Waals surface area contributed by atoms with E-state index < -0.39 is 0 Å². The highest BCUT2D eigenvalue weighted by molar-refractivity contribution is 9.09. The van der Waals surface area contributed by atoms with Gasteiger partial charge < -0.3 is 4.90 Å². The van der Waals surface area contributed by atoms with Gasteiger partial charge in [0.2, 0.25) is 0 Å². The molecule has 1 amide bonds. The van der Waals surface area contributed by atoms with Crippen molar-refractivity contribution in [1.29, 1.82) is 0 Å². The number of carbonyl (C=O) groups excluding carboxylic acids is 1. The Hall–Kier alpha value is -0.830. The summed E-state index contributed by atoms with van der Waals surface area (Å²) in [7, 11) is 1.83. The Morgan fingerprint density at radius 3 is 2.18 bits per heavy atom. The Kier molecular flexibility index (Phi) is 5.19. The van der Waals surface area contributed by atoms with Gasteiger partial charge in [0.15, 0.2) is 0 Å². The van der Waals surface area contributed by atoms with Gasteiger partial charge >= 0.3 is 0 Å². The van der Waals surface area contributed by atoms with Crippen LogP contribution in [0.25, 0.3) is 0 Å². The van der Waals surface area contributed by atoms with Crippen LogP contribution in [0.5, 0.6) is 0 Å². The maximum atomic E-state index is 12.1. The SMILES string of the molecule is CC(Br)CN(C)C(=O)c1ccc(C(C)C)cc1. The third-order valence-electron chi connectivity index (χ3n) is 2.70. The van der Waals surface area contributed by atoms with Crippen molar-refractivity contribution in [3.05, 3.63) is 35.4 Å². The van der Waals surface area contributed by atoms with E-state index in [1.54, 1.807) is 4.90 Å². The number of hydrogen-bond acceptors (Lipinski definition) is 1. The van der Waals surface area contributed by atoms with E-state index in [-0.39, 0.29) is 5.91 Å². The first kappa shape index (κ1) is 14.2. The Bertz CT molecular complexity index is 370. The molecule has 0 bridgehead atoms. The van der Waals surface area contributed by atoms with Crippen molar-refractivity contribution < 1.29 is 4.79 Å². The lowest BCUT2D eigenvalue weighted by Gasteiger charge is -2.19. The molecule has 1 aromatic carbocycles. The van der Waals surface area contributed by atoms with Crippen molar-refractivity contribution in [2.24, 2.45) is 0 Å². The van der Waals surface area contributed by atoms with Crippen molar-refractivity contribution >= 4 is 21.8 Å². The predicted molar refractivity (Wildman–Crippen MR) is 75.9 cm³/mol.